The van der Waals surface area contributed by atoms with E-state index in [-0.39, 0.29) is 5.41 Å². The monoisotopic (exact) mass is 267 g/mol. The lowest BCUT2D eigenvalue weighted by molar-refractivity contribution is -0.152. The smallest absolute Gasteiger partial charge is 0.310 e. The van der Waals surface area contributed by atoms with Gasteiger partial charge in [-0.2, -0.15) is 0 Å². The fourth-order valence-corrected chi connectivity index (χ4v) is 3.56. The number of aryl methyl sites for hydroxylation is 1. The zero-order chi connectivity index (χ0) is 13.4. The first-order valence-corrected chi connectivity index (χ1v) is 7.35. The van der Waals surface area contributed by atoms with Crippen molar-refractivity contribution in [3.8, 4) is 0 Å². The predicted octanol–water partition coefficient (Wildman–Crippen LogP) is 3.67. The van der Waals surface area contributed by atoms with Gasteiger partial charge in [0.15, 0.2) is 0 Å². The normalized spacial score (nSPS) is 21.7. The number of carboxylic acid groups (broad SMARTS) is 1. The number of aliphatic carboxylic acids is 1. The molecule has 0 unspecified atom stereocenters. The molecule has 0 radical (unpaired) electrons. The quantitative estimate of drug-likeness (QED) is 0.909. The van der Waals surface area contributed by atoms with Crippen molar-refractivity contribution in [1.82, 2.24) is 4.98 Å². The Kier molecular flexibility index (Phi) is 3.49. The van der Waals surface area contributed by atoms with E-state index in [2.05, 4.69) is 18.8 Å². The van der Waals surface area contributed by atoms with Crippen LogP contribution in [0.5, 0.6) is 0 Å². The zero-order valence-corrected chi connectivity index (χ0v) is 12.1. The van der Waals surface area contributed by atoms with E-state index in [0.717, 1.165) is 36.4 Å². The van der Waals surface area contributed by atoms with Crippen LogP contribution in [0.4, 0.5) is 0 Å². The van der Waals surface area contributed by atoms with Crippen LogP contribution in [0.15, 0.2) is 5.38 Å². The Hall–Kier alpha value is -0.900. The molecule has 3 nitrogen and oxygen atoms in total. The molecule has 1 N–H and O–H groups in total. The first-order chi connectivity index (χ1) is 8.33. The number of hydrogen-bond acceptors (Lipinski definition) is 3. The van der Waals surface area contributed by atoms with E-state index in [9.17, 15) is 9.90 Å². The van der Waals surface area contributed by atoms with Gasteiger partial charge in [-0.05, 0) is 38.0 Å². The molecule has 2 rings (SSSR count). The van der Waals surface area contributed by atoms with E-state index in [1.807, 2.05) is 12.3 Å². The number of thiazole rings is 1. The van der Waals surface area contributed by atoms with Gasteiger partial charge in [-0.3, -0.25) is 4.79 Å². The van der Waals surface area contributed by atoms with Gasteiger partial charge >= 0.3 is 5.97 Å². The van der Waals surface area contributed by atoms with Gasteiger partial charge in [-0.25, -0.2) is 4.98 Å². The van der Waals surface area contributed by atoms with E-state index < -0.39 is 11.4 Å². The lowest BCUT2D eigenvalue weighted by atomic mass is 9.64. The highest BCUT2D eigenvalue weighted by molar-refractivity contribution is 7.09. The third-order valence-corrected chi connectivity index (χ3v) is 5.14. The van der Waals surface area contributed by atoms with Gasteiger partial charge in [0.1, 0.15) is 0 Å². The van der Waals surface area contributed by atoms with Crippen molar-refractivity contribution in [3.05, 3.63) is 16.1 Å². The van der Waals surface area contributed by atoms with Crippen LogP contribution in [0.25, 0.3) is 0 Å². The molecule has 0 atom stereocenters. The fraction of sp³-hybridized carbons (Fsp3) is 0.714. The average molecular weight is 267 g/mol. The largest absolute Gasteiger partial charge is 0.481 e. The topological polar surface area (TPSA) is 50.2 Å². The highest BCUT2D eigenvalue weighted by Crippen LogP contribution is 2.47. The summed E-state index contributed by atoms with van der Waals surface area (Å²) in [6.45, 7) is 6.41. The van der Waals surface area contributed by atoms with Gasteiger partial charge in [0.05, 0.1) is 10.4 Å². The molecule has 1 heterocycles. The summed E-state index contributed by atoms with van der Waals surface area (Å²) in [5.74, 6) is -0.647. The highest BCUT2D eigenvalue weighted by atomic mass is 32.1. The number of carbonyl (C=O) groups is 1. The Bertz CT molecular complexity index is 440. The summed E-state index contributed by atoms with van der Waals surface area (Å²) in [7, 11) is 0. The second-order valence-electron chi connectivity index (χ2n) is 6.31. The molecule has 1 aromatic heterocycles. The Morgan fingerprint density at radius 3 is 2.44 bits per heavy atom. The van der Waals surface area contributed by atoms with Crippen LogP contribution in [0, 0.1) is 17.8 Å². The lowest BCUT2D eigenvalue weighted by Gasteiger charge is -2.40. The summed E-state index contributed by atoms with van der Waals surface area (Å²) < 4.78 is 0. The molecule has 1 aromatic rings. The number of rotatable bonds is 3. The minimum atomic E-state index is -0.647. The SMILES string of the molecule is Cc1csc(CC2(C(=O)O)CCC(C)(C)CC2)n1. The third kappa shape index (κ3) is 2.74. The van der Waals surface area contributed by atoms with Crippen molar-refractivity contribution >= 4 is 17.3 Å². The molecular weight excluding hydrogens is 246 g/mol. The van der Waals surface area contributed by atoms with Crippen LogP contribution in [0.2, 0.25) is 0 Å². The minimum Gasteiger partial charge on any atom is -0.481 e. The van der Waals surface area contributed by atoms with Crippen molar-refractivity contribution in [2.75, 3.05) is 0 Å². The van der Waals surface area contributed by atoms with Crippen molar-refractivity contribution in [1.29, 1.82) is 0 Å². The van der Waals surface area contributed by atoms with Gasteiger partial charge < -0.3 is 5.11 Å². The molecule has 4 heteroatoms. The van der Waals surface area contributed by atoms with E-state index in [4.69, 9.17) is 0 Å². The van der Waals surface area contributed by atoms with Crippen molar-refractivity contribution in [2.24, 2.45) is 10.8 Å². The molecule has 100 valence electrons. The first-order valence-electron chi connectivity index (χ1n) is 6.47. The van der Waals surface area contributed by atoms with Crippen LogP contribution >= 0.6 is 11.3 Å². The van der Waals surface area contributed by atoms with E-state index in [1.54, 1.807) is 11.3 Å². The molecular formula is C14H21NO2S. The van der Waals surface area contributed by atoms with Gasteiger partial charge in [0.2, 0.25) is 0 Å². The second-order valence-corrected chi connectivity index (χ2v) is 7.25. The summed E-state index contributed by atoms with van der Waals surface area (Å²) in [5.41, 5.74) is 0.698. The predicted molar refractivity (Wildman–Crippen MR) is 72.9 cm³/mol. The average Bonchev–Trinajstić information content (AvgIpc) is 2.67. The number of carboxylic acids is 1. The molecule has 1 aliphatic carbocycles. The fourth-order valence-electron chi connectivity index (χ4n) is 2.64. The first kappa shape index (κ1) is 13.5. The summed E-state index contributed by atoms with van der Waals surface area (Å²) >= 11 is 1.58. The molecule has 18 heavy (non-hydrogen) atoms. The molecule has 1 fully saturated rings. The molecule has 0 spiro atoms. The Balaban J connectivity index is 2.16. The minimum absolute atomic E-state index is 0.289. The van der Waals surface area contributed by atoms with Crippen molar-refractivity contribution in [2.45, 2.75) is 52.9 Å². The van der Waals surface area contributed by atoms with E-state index in [1.165, 1.54) is 0 Å². The van der Waals surface area contributed by atoms with Gasteiger partial charge in [-0.1, -0.05) is 13.8 Å². The summed E-state index contributed by atoms with van der Waals surface area (Å²) in [4.78, 5) is 16.1. The van der Waals surface area contributed by atoms with Crippen LogP contribution in [-0.2, 0) is 11.2 Å². The van der Waals surface area contributed by atoms with Crippen LogP contribution < -0.4 is 0 Å². The Morgan fingerprint density at radius 1 is 1.39 bits per heavy atom. The number of nitrogens with zero attached hydrogens (tertiary/aromatic N) is 1. The van der Waals surface area contributed by atoms with E-state index >= 15 is 0 Å². The van der Waals surface area contributed by atoms with Crippen LogP contribution in [0.1, 0.15) is 50.2 Å². The second kappa shape index (κ2) is 4.65. The zero-order valence-electron chi connectivity index (χ0n) is 11.3. The Morgan fingerprint density at radius 2 is 2.00 bits per heavy atom. The maximum absolute atomic E-state index is 11.7. The number of aromatic nitrogens is 1. The molecule has 0 amide bonds. The van der Waals surface area contributed by atoms with E-state index in [0.29, 0.717) is 6.42 Å². The summed E-state index contributed by atoms with van der Waals surface area (Å²) in [6, 6.07) is 0. The lowest BCUT2D eigenvalue weighted by Crippen LogP contribution is -2.39. The third-order valence-electron chi connectivity index (χ3n) is 4.17. The standard InChI is InChI=1S/C14H21NO2S/c1-10-9-18-11(15-10)8-14(12(16)17)6-4-13(2,3)5-7-14/h9H,4-8H2,1-3H3,(H,16,17). The summed E-state index contributed by atoms with van der Waals surface area (Å²) in [5, 5.41) is 12.6. The molecule has 1 aliphatic rings. The van der Waals surface area contributed by atoms with Crippen LogP contribution in [0.3, 0.4) is 0 Å². The molecule has 0 aliphatic heterocycles. The highest BCUT2D eigenvalue weighted by Gasteiger charge is 2.44. The van der Waals surface area contributed by atoms with Gasteiger partial charge in [-0.15, -0.1) is 11.3 Å². The van der Waals surface area contributed by atoms with Gasteiger partial charge in [0, 0.05) is 17.5 Å². The van der Waals surface area contributed by atoms with Gasteiger partial charge in [0.25, 0.3) is 0 Å². The van der Waals surface area contributed by atoms with Crippen molar-refractivity contribution < 1.29 is 9.90 Å². The molecule has 0 saturated heterocycles. The molecule has 0 bridgehead atoms. The summed E-state index contributed by atoms with van der Waals surface area (Å²) in [6.07, 6.45) is 4.12. The number of hydrogen-bond donors (Lipinski definition) is 1. The molecule has 0 aromatic carbocycles. The van der Waals surface area contributed by atoms with Crippen molar-refractivity contribution in [3.63, 3.8) is 0 Å². The maximum Gasteiger partial charge on any atom is 0.310 e. The molecule has 1 saturated carbocycles. The maximum atomic E-state index is 11.7. The van der Waals surface area contributed by atoms with Crippen LogP contribution in [-0.4, -0.2) is 16.1 Å². The Labute approximate surface area is 112 Å².